The topological polar surface area (TPSA) is 59.2 Å². The zero-order valence-corrected chi connectivity index (χ0v) is 13.9. The average Bonchev–Trinajstić information content (AvgIpc) is 2.78. The van der Waals surface area contributed by atoms with Crippen molar-refractivity contribution in [2.45, 2.75) is 20.8 Å². The molecule has 0 bridgehead atoms. The first-order valence-electron chi connectivity index (χ1n) is 6.90. The van der Waals surface area contributed by atoms with Crippen LogP contribution in [0.1, 0.15) is 26.3 Å². The minimum atomic E-state index is -0.461. The van der Waals surface area contributed by atoms with Crippen LogP contribution in [0.4, 0.5) is 0 Å². The van der Waals surface area contributed by atoms with E-state index in [0.29, 0.717) is 9.20 Å². The van der Waals surface area contributed by atoms with Gasteiger partial charge >= 0.3 is 0 Å². The number of H-pyrrole nitrogens is 1. The predicted molar refractivity (Wildman–Crippen MR) is 89.7 cm³/mol. The molecule has 0 aliphatic heterocycles. The molecule has 0 radical (unpaired) electrons. The highest BCUT2D eigenvalue weighted by atomic mass is 32.1. The summed E-state index contributed by atoms with van der Waals surface area (Å²) in [5, 5.41) is 0. The van der Waals surface area contributed by atoms with Crippen LogP contribution in [0, 0.1) is 5.41 Å². The molecule has 0 saturated heterocycles. The molecule has 0 fully saturated rings. The first-order chi connectivity index (χ1) is 10.3. The Morgan fingerprint density at radius 3 is 2.68 bits per heavy atom. The van der Waals surface area contributed by atoms with Gasteiger partial charge in [-0.05, 0) is 23.8 Å². The lowest BCUT2D eigenvalue weighted by Gasteiger charge is -2.12. The Kier molecular flexibility index (Phi) is 4.66. The van der Waals surface area contributed by atoms with Crippen molar-refractivity contribution in [3.63, 3.8) is 0 Å². The van der Waals surface area contributed by atoms with Gasteiger partial charge in [0.2, 0.25) is 0 Å². The fraction of sp³-hybridized carbons (Fsp3) is 0.294. The Balaban J connectivity index is 2.46. The monoisotopic (exact) mass is 317 g/mol. The van der Waals surface area contributed by atoms with Gasteiger partial charge in [0.15, 0.2) is 5.78 Å². The van der Waals surface area contributed by atoms with Crippen molar-refractivity contribution in [1.82, 2.24) is 4.98 Å². The Bertz CT molecular complexity index is 853. The van der Waals surface area contributed by atoms with Crippen LogP contribution in [0.3, 0.4) is 0 Å². The van der Waals surface area contributed by atoms with Gasteiger partial charge in [0, 0.05) is 11.5 Å². The fourth-order valence-electron chi connectivity index (χ4n) is 1.74. The summed E-state index contributed by atoms with van der Waals surface area (Å²) in [7, 11) is 1.60. The smallest absolute Gasteiger partial charge is 0.266 e. The summed E-state index contributed by atoms with van der Waals surface area (Å²) < 4.78 is 6.29. The molecule has 0 atom stereocenters. The fourth-order valence-corrected chi connectivity index (χ4v) is 2.63. The number of Topliss-reactive ketones (excluding diaryl/α,β-unsaturated/α-hetero) is 1. The van der Waals surface area contributed by atoms with Crippen molar-refractivity contribution < 1.29 is 9.53 Å². The normalized spacial score (nSPS) is 13.5. The summed E-state index contributed by atoms with van der Waals surface area (Å²) in [5.41, 5.74) is 0.221. The highest BCUT2D eigenvalue weighted by Crippen LogP contribution is 2.15. The third-order valence-corrected chi connectivity index (χ3v) is 4.04. The van der Waals surface area contributed by atoms with Crippen LogP contribution < -0.4 is 19.5 Å². The van der Waals surface area contributed by atoms with Crippen LogP contribution in [0.15, 0.2) is 29.1 Å². The lowest BCUT2D eigenvalue weighted by Crippen LogP contribution is -2.22. The maximum Gasteiger partial charge on any atom is 0.266 e. The number of benzene rings is 1. The number of thiazole rings is 1. The first kappa shape index (κ1) is 16.2. The number of aromatic nitrogens is 1. The van der Waals surface area contributed by atoms with Crippen LogP contribution >= 0.6 is 11.3 Å². The van der Waals surface area contributed by atoms with Gasteiger partial charge in [-0.1, -0.05) is 32.9 Å². The van der Waals surface area contributed by atoms with Gasteiger partial charge in [-0.25, -0.2) is 0 Å². The molecule has 1 N–H and O–H groups in total. The van der Waals surface area contributed by atoms with E-state index in [1.807, 2.05) is 45.0 Å². The molecule has 2 rings (SSSR count). The Labute approximate surface area is 132 Å². The highest BCUT2D eigenvalue weighted by Gasteiger charge is 2.18. The highest BCUT2D eigenvalue weighted by molar-refractivity contribution is 7.07. The van der Waals surface area contributed by atoms with E-state index in [9.17, 15) is 9.59 Å². The van der Waals surface area contributed by atoms with E-state index in [2.05, 4.69) is 4.98 Å². The van der Waals surface area contributed by atoms with E-state index in [-0.39, 0.29) is 11.3 Å². The molecule has 1 aromatic carbocycles. The summed E-state index contributed by atoms with van der Waals surface area (Å²) in [6.07, 6.45) is 3.28. The van der Waals surface area contributed by atoms with Gasteiger partial charge in [-0.15, -0.1) is 11.3 Å². The number of rotatable bonds is 3. The van der Waals surface area contributed by atoms with Crippen molar-refractivity contribution in [3.8, 4) is 5.75 Å². The molecule has 116 valence electrons. The number of ketones is 1. The third kappa shape index (κ3) is 3.95. The molecule has 22 heavy (non-hydrogen) atoms. The van der Waals surface area contributed by atoms with Gasteiger partial charge in [0.05, 0.1) is 16.3 Å². The third-order valence-electron chi connectivity index (χ3n) is 3.07. The zero-order chi connectivity index (χ0) is 16.3. The first-order valence-corrected chi connectivity index (χ1v) is 7.72. The van der Waals surface area contributed by atoms with Gasteiger partial charge in [0.1, 0.15) is 5.75 Å². The largest absolute Gasteiger partial charge is 0.497 e. The lowest BCUT2D eigenvalue weighted by atomic mass is 9.91. The van der Waals surface area contributed by atoms with E-state index in [1.165, 1.54) is 17.4 Å². The molecule has 5 heteroatoms. The van der Waals surface area contributed by atoms with Crippen molar-refractivity contribution in [2.75, 3.05) is 7.11 Å². The molecule has 0 aliphatic carbocycles. The van der Waals surface area contributed by atoms with Gasteiger partial charge in [0.25, 0.3) is 5.56 Å². The number of ether oxygens (including phenoxy) is 1. The second kappa shape index (κ2) is 6.32. The van der Waals surface area contributed by atoms with E-state index in [0.717, 1.165) is 11.3 Å². The second-order valence-electron chi connectivity index (χ2n) is 5.96. The molecule has 0 saturated carbocycles. The van der Waals surface area contributed by atoms with Crippen LogP contribution in [0.25, 0.3) is 12.2 Å². The standard InChI is InChI=1S/C17H19NO3S/c1-17(2,3)14(19)10-15-18-16(20)13(22-15)9-11-6-5-7-12(8-11)21-4/h5-10H,1-4H3,(H,18,20)/b13-9-,15-10+. The molecule has 0 unspecified atom stereocenters. The molecule has 0 aliphatic rings. The number of nitrogens with one attached hydrogen (secondary N) is 1. The molecular formula is C17H19NO3S. The predicted octanol–water partition coefficient (Wildman–Crippen LogP) is 1.67. The van der Waals surface area contributed by atoms with Crippen LogP contribution in [-0.2, 0) is 4.79 Å². The Morgan fingerprint density at radius 2 is 2.05 bits per heavy atom. The number of aromatic amines is 1. The SMILES string of the molecule is COc1cccc(/C=c2\s/c(=C/C(=O)C(C)(C)C)[nH]c2=O)c1. The van der Waals surface area contributed by atoms with Crippen LogP contribution in [0.5, 0.6) is 5.75 Å². The maximum atomic E-state index is 12.0. The lowest BCUT2D eigenvalue weighted by molar-refractivity contribution is -0.119. The summed E-state index contributed by atoms with van der Waals surface area (Å²) >= 11 is 1.27. The van der Waals surface area contributed by atoms with Gasteiger partial charge < -0.3 is 9.72 Å². The average molecular weight is 317 g/mol. The molecule has 0 spiro atoms. The van der Waals surface area contributed by atoms with Crippen LogP contribution in [-0.4, -0.2) is 17.9 Å². The minimum Gasteiger partial charge on any atom is -0.497 e. The van der Waals surface area contributed by atoms with Gasteiger partial charge in [-0.3, -0.25) is 9.59 Å². The zero-order valence-electron chi connectivity index (χ0n) is 13.1. The number of hydrogen-bond acceptors (Lipinski definition) is 4. The van der Waals surface area contributed by atoms with Crippen molar-refractivity contribution in [1.29, 1.82) is 0 Å². The summed E-state index contributed by atoms with van der Waals surface area (Å²) in [4.78, 5) is 26.7. The Hall–Kier alpha value is -2.14. The summed E-state index contributed by atoms with van der Waals surface area (Å²) in [6.45, 7) is 5.54. The molecule has 1 aromatic heterocycles. The quantitative estimate of drug-likeness (QED) is 0.937. The number of carbonyl (C=O) groups excluding carboxylic acids is 1. The molecule has 0 amide bonds. The Morgan fingerprint density at radius 1 is 1.32 bits per heavy atom. The number of hydrogen-bond donors (Lipinski definition) is 1. The van der Waals surface area contributed by atoms with E-state index >= 15 is 0 Å². The van der Waals surface area contributed by atoms with Crippen molar-refractivity contribution in [2.24, 2.45) is 5.41 Å². The molecule has 2 aromatic rings. The van der Waals surface area contributed by atoms with Crippen LogP contribution in [0.2, 0.25) is 0 Å². The molecule has 4 nitrogen and oxygen atoms in total. The molecule has 1 heterocycles. The molecular weight excluding hydrogens is 298 g/mol. The summed E-state index contributed by atoms with van der Waals surface area (Å²) in [5.74, 6) is 0.717. The summed E-state index contributed by atoms with van der Waals surface area (Å²) in [6, 6.07) is 7.45. The number of methoxy groups -OCH3 is 1. The van der Waals surface area contributed by atoms with E-state index in [1.54, 1.807) is 13.2 Å². The van der Waals surface area contributed by atoms with E-state index < -0.39 is 5.41 Å². The van der Waals surface area contributed by atoms with Crippen molar-refractivity contribution in [3.05, 3.63) is 49.4 Å². The minimum absolute atomic E-state index is 0.0158. The van der Waals surface area contributed by atoms with Gasteiger partial charge in [-0.2, -0.15) is 0 Å². The number of carbonyl (C=O) groups is 1. The maximum absolute atomic E-state index is 12.0. The van der Waals surface area contributed by atoms with E-state index in [4.69, 9.17) is 4.74 Å². The van der Waals surface area contributed by atoms with Crippen molar-refractivity contribution >= 4 is 29.3 Å². The second-order valence-corrected chi connectivity index (χ2v) is 7.05.